The van der Waals surface area contributed by atoms with Crippen LogP contribution in [0.2, 0.25) is 0 Å². The van der Waals surface area contributed by atoms with Crippen molar-refractivity contribution in [3.63, 3.8) is 0 Å². The van der Waals surface area contributed by atoms with Gasteiger partial charge >= 0.3 is 0 Å². The molecule has 57 heavy (non-hydrogen) atoms. The molecule has 4 nitrogen and oxygen atoms in total. The van der Waals surface area contributed by atoms with Crippen LogP contribution in [0.25, 0.3) is 113 Å². The summed E-state index contributed by atoms with van der Waals surface area (Å²) < 4.78 is 7.65. The van der Waals surface area contributed by atoms with Gasteiger partial charge < -0.3 is 4.57 Å². The largest absolute Gasteiger partial charge is 0.309 e. The minimum absolute atomic E-state index is 0.641. The van der Waals surface area contributed by atoms with Gasteiger partial charge in [0.25, 0.3) is 0 Å². The van der Waals surface area contributed by atoms with Gasteiger partial charge in [-0.25, -0.2) is 15.0 Å². The summed E-state index contributed by atoms with van der Waals surface area (Å²) in [5, 5.41) is 7.71. The third kappa shape index (κ3) is 5.15. The first-order valence-corrected chi connectivity index (χ1v) is 20.7. The smallest absolute Gasteiger partial charge is 0.164 e. The fraction of sp³-hybridized carbons (Fsp3) is 0. The van der Waals surface area contributed by atoms with Gasteiger partial charge in [0, 0.05) is 79.1 Å². The summed E-state index contributed by atoms with van der Waals surface area (Å²) in [4.78, 5) is 15.1. The molecule has 0 radical (unpaired) electrons. The van der Waals surface area contributed by atoms with E-state index in [1.165, 1.54) is 67.7 Å². The third-order valence-electron chi connectivity index (χ3n) is 11.0. The van der Waals surface area contributed by atoms with E-state index in [2.05, 4.69) is 150 Å². The van der Waals surface area contributed by atoms with E-state index in [0.29, 0.717) is 17.5 Å². The molecule has 0 saturated carbocycles. The number of nitrogens with zero attached hydrogens (tertiary/aromatic N) is 4. The van der Waals surface area contributed by atoms with Gasteiger partial charge in [0.15, 0.2) is 17.5 Å². The van der Waals surface area contributed by atoms with Crippen molar-refractivity contribution in [2.75, 3.05) is 0 Å². The quantitative estimate of drug-likeness (QED) is 0.175. The highest BCUT2D eigenvalue weighted by Crippen LogP contribution is 2.48. The molecule has 6 heteroatoms. The van der Waals surface area contributed by atoms with Gasteiger partial charge in [-0.15, -0.1) is 22.7 Å². The molecule has 12 aromatic rings. The summed E-state index contributed by atoms with van der Waals surface area (Å²) in [6, 6.07) is 64.8. The predicted molar refractivity (Wildman–Crippen MR) is 242 cm³/mol. The molecule has 0 saturated heterocycles. The van der Waals surface area contributed by atoms with Crippen LogP contribution in [0.5, 0.6) is 0 Å². The minimum Gasteiger partial charge on any atom is -0.309 e. The van der Waals surface area contributed by atoms with Crippen LogP contribution in [-0.4, -0.2) is 19.5 Å². The second-order valence-electron chi connectivity index (χ2n) is 14.4. The van der Waals surface area contributed by atoms with E-state index in [0.717, 1.165) is 27.9 Å². The minimum atomic E-state index is 0.641. The lowest BCUT2D eigenvalue weighted by atomic mass is 9.99. The highest BCUT2D eigenvalue weighted by atomic mass is 32.1. The maximum Gasteiger partial charge on any atom is 0.164 e. The number of rotatable bonds is 5. The summed E-state index contributed by atoms with van der Waals surface area (Å²) >= 11 is 3.78. The van der Waals surface area contributed by atoms with Gasteiger partial charge in [-0.2, -0.15) is 0 Å². The van der Waals surface area contributed by atoms with Gasteiger partial charge in [-0.1, -0.05) is 140 Å². The molecule has 0 spiro atoms. The van der Waals surface area contributed by atoms with Gasteiger partial charge in [0.2, 0.25) is 0 Å². The fourth-order valence-corrected chi connectivity index (χ4v) is 11.0. The van der Waals surface area contributed by atoms with E-state index >= 15 is 0 Å². The zero-order valence-corrected chi connectivity index (χ0v) is 32.1. The van der Waals surface area contributed by atoms with Crippen LogP contribution >= 0.6 is 22.7 Å². The Morgan fingerprint density at radius 3 is 1.58 bits per heavy atom. The van der Waals surface area contributed by atoms with Crippen LogP contribution < -0.4 is 0 Å². The fourth-order valence-electron chi connectivity index (χ4n) is 8.44. The topological polar surface area (TPSA) is 43.6 Å². The SMILES string of the molecule is c1ccc(-c2nc(-c3ccccc3)nc(-c3cccc(-c4cc(-n5c6ccccc6c6ccccc65)cc5c4sc4ccc6c7ccccc7sc6c45)c3)n2)cc1. The molecule has 0 N–H and O–H groups in total. The molecule has 0 unspecified atom stereocenters. The first-order chi connectivity index (χ1) is 28.2. The Hall–Kier alpha value is -6.99. The Morgan fingerprint density at radius 2 is 0.895 bits per heavy atom. The average molecular weight is 763 g/mol. The second kappa shape index (κ2) is 12.8. The molecule has 0 bridgehead atoms. The summed E-state index contributed by atoms with van der Waals surface area (Å²) in [6.07, 6.45) is 0. The van der Waals surface area contributed by atoms with Crippen molar-refractivity contribution in [3.8, 4) is 51.0 Å². The molecule has 0 aliphatic rings. The van der Waals surface area contributed by atoms with Crippen LogP contribution in [0.3, 0.4) is 0 Å². The zero-order chi connectivity index (χ0) is 37.5. The Bertz CT molecular complexity index is 3410. The maximum atomic E-state index is 5.09. The molecule has 4 aromatic heterocycles. The van der Waals surface area contributed by atoms with Crippen LogP contribution in [-0.2, 0) is 0 Å². The highest BCUT2D eigenvalue weighted by molar-refractivity contribution is 7.30. The monoisotopic (exact) mass is 762 g/mol. The Balaban J connectivity index is 1.14. The number of hydrogen-bond acceptors (Lipinski definition) is 5. The van der Waals surface area contributed by atoms with Crippen molar-refractivity contribution in [1.82, 2.24) is 19.5 Å². The number of hydrogen-bond donors (Lipinski definition) is 0. The molecule has 0 fully saturated rings. The zero-order valence-electron chi connectivity index (χ0n) is 30.4. The van der Waals surface area contributed by atoms with E-state index < -0.39 is 0 Å². The van der Waals surface area contributed by atoms with Gasteiger partial charge in [0.05, 0.1) is 11.0 Å². The molecule has 0 aliphatic heterocycles. The van der Waals surface area contributed by atoms with Crippen molar-refractivity contribution in [2.24, 2.45) is 0 Å². The first-order valence-electron chi connectivity index (χ1n) is 19.0. The Morgan fingerprint density at radius 1 is 0.351 bits per heavy atom. The molecular formula is C51H30N4S2. The van der Waals surface area contributed by atoms with Crippen molar-refractivity contribution < 1.29 is 0 Å². The molecule has 266 valence electrons. The van der Waals surface area contributed by atoms with E-state index in [1.807, 2.05) is 59.1 Å². The highest BCUT2D eigenvalue weighted by Gasteiger charge is 2.21. The summed E-state index contributed by atoms with van der Waals surface area (Å²) in [5.41, 5.74) is 8.65. The van der Waals surface area contributed by atoms with Crippen LogP contribution in [0.15, 0.2) is 182 Å². The second-order valence-corrected chi connectivity index (χ2v) is 16.5. The molecule has 0 aliphatic carbocycles. The van der Waals surface area contributed by atoms with Crippen molar-refractivity contribution in [3.05, 3.63) is 182 Å². The van der Waals surface area contributed by atoms with Crippen molar-refractivity contribution in [1.29, 1.82) is 0 Å². The van der Waals surface area contributed by atoms with Crippen LogP contribution in [0.4, 0.5) is 0 Å². The van der Waals surface area contributed by atoms with Gasteiger partial charge in [-0.3, -0.25) is 0 Å². The first kappa shape index (κ1) is 32.3. The van der Waals surface area contributed by atoms with Gasteiger partial charge in [0.1, 0.15) is 0 Å². The number of fused-ring (bicyclic) bond motifs is 10. The van der Waals surface area contributed by atoms with Crippen molar-refractivity contribution >= 4 is 84.8 Å². The number of aromatic nitrogens is 4. The number of thiophene rings is 2. The number of benzene rings is 8. The maximum absolute atomic E-state index is 5.09. The summed E-state index contributed by atoms with van der Waals surface area (Å²) in [7, 11) is 0. The molecule has 0 amide bonds. The van der Waals surface area contributed by atoms with E-state index in [4.69, 9.17) is 15.0 Å². The van der Waals surface area contributed by atoms with E-state index in [1.54, 1.807) is 0 Å². The lowest BCUT2D eigenvalue weighted by molar-refractivity contribution is 1.07. The van der Waals surface area contributed by atoms with Crippen LogP contribution in [0.1, 0.15) is 0 Å². The van der Waals surface area contributed by atoms with Crippen LogP contribution in [0, 0.1) is 0 Å². The average Bonchev–Trinajstić information content (AvgIpc) is 3.96. The molecular weight excluding hydrogens is 733 g/mol. The molecule has 12 rings (SSSR count). The lowest BCUT2D eigenvalue weighted by Gasteiger charge is -2.13. The Labute approximate surface area is 335 Å². The van der Waals surface area contributed by atoms with Gasteiger partial charge in [-0.05, 0) is 48.0 Å². The van der Waals surface area contributed by atoms with Crippen molar-refractivity contribution in [2.45, 2.75) is 0 Å². The van der Waals surface area contributed by atoms with E-state index in [-0.39, 0.29) is 0 Å². The van der Waals surface area contributed by atoms with E-state index in [9.17, 15) is 0 Å². The summed E-state index contributed by atoms with van der Waals surface area (Å²) in [6.45, 7) is 0. The third-order valence-corrected chi connectivity index (χ3v) is 13.4. The molecule has 4 heterocycles. The normalized spacial score (nSPS) is 11.9. The Kier molecular flexibility index (Phi) is 7.24. The molecule has 8 aromatic carbocycles. The number of para-hydroxylation sites is 2. The summed E-state index contributed by atoms with van der Waals surface area (Å²) in [5.74, 6) is 1.94. The predicted octanol–water partition coefficient (Wildman–Crippen LogP) is 14.4. The standard InChI is InChI=1S/C51H30N4S2/c1-3-14-31(15-4-1)49-52-50(32-16-5-2-6-17-32)54-51(53-49)34-19-13-18-33(28-34)40-29-35(55-42-23-10-7-20-36(42)37-21-8-11-24-43(37)55)30-41-46-45(57-47(40)41)27-26-39-38-22-9-12-25-44(38)56-48(39)46/h1-30H. The lowest BCUT2D eigenvalue weighted by Crippen LogP contribution is -2.00. The molecule has 0 atom stereocenters.